The summed E-state index contributed by atoms with van der Waals surface area (Å²) >= 11 is 0. The highest BCUT2D eigenvalue weighted by atomic mass is 16.2. The molecule has 1 N–H and O–H groups in total. The second-order valence-corrected chi connectivity index (χ2v) is 5.61. The summed E-state index contributed by atoms with van der Waals surface area (Å²) in [7, 11) is 1.90. The zero-order valence-electron chi connectivity index (χ0n) is 12.7. The summed E-state index contributed by atoms with van der Waals surface area (Å²) in [6.07, 6.45) is 0.245. The average molecular weight is 278 g/mol. The van der Waals surface area contributed by atoms with Gasteiger partial charge in [-0.05, 0) is 27.7 Å². The normalized spacial score (nSPS) is 19.5. The van der Waals surface area contributed by atoms with Crippen LogP contribution >= 0.6 is 0 Å². The lowest BCUT2D eigenvalue weighted by Gasteiger charge is -2.19. The van der Waals surface area contributed by atoms with Gasteiger partial charge in [-0.15, -0.1) is 0 Å². The van der Waals surface area contributed by atoms with E-state index in [0.29, 0.717) is 6.54 Å². The van der Waals surface area contributed by atoms with Gasteiger partial charge in [0.05, 0.1) is 18.2 Å². The van der Waals surface area contributed by atoms with Gasteiger partial charge in [0.1, 0.15) is 0 Å². The molecule has 6 nitrogen and oxygen atoms in total. The highest BCUT2D eigenvalue weighted by Gasteiger charge is 2.39. The van der Waals surface area contributed by atoms with Gasteiger partial charge in [-0.3, -0.25) is 19.2 Å². The molecular weight excluding hydrogens is 256 g/mol. The number of likely N-dealkylation sites (tertiary alicyclic amines) is 1. The molecule has 0 radical (unpaired) electrons. The Bertz CT molecular complexity index is 548. The number of nitrogens with zero attached hydrogens (tertiary/aromatic N) is 3. The van der Waals surface area contributed by atoms with Crippen LogP contribution in [0.1, 0.15) is 37.2 Å². The maximum atomic E-state index is 12.2. The molecule has 1 fully saturated rings. The van der Waals surface area contributed by atoms with Crippen LogP contribution in [0, 0.1) is 13.8 Å². The smallest absolute Gasteiger partial charge is 0.247 e. The second-order valence-electron chi connectivity index (χ2n) is 5.61. The van der Waals surface area contributed by atoms with E-state index < -0.39 is 6.04 Å². The van der Waals surface area contributed by atoms with Crippen molar-refractivity contribution in [2.45, 2.75) is 52.7 Å². The summed E-state index contributed by atoms with van der Waals surface area (Å²) in [6, 6.07) is -0.493. The maximum Gasteiger partial charge on any atom is 0.247 e. The zero-order chi connectivity index (χ0) is 15.0. The number of rotatable bonds is 4. The molecule has 1 aliphatic heterocycles. The first-order chi connectivity index (χ1) is 9.32. The Morgan fingerprint density at radius 2 is 2.00 bits per heavy atom. The van der Waals surface area contributed by atoms with Crippen molar-refractivity contribution in [2.75, 3.05) is 0 Å². The number of nitrogens with one attached hydrogen (secondary N) is 1. The summed E-state index contributed by atoms with van der Waals surface area (Å²) in [5, 5.41) is 7.54. The lowest BCUT2D eigenvalue weighted by molar-refractivity contribution is -0.140. The fourth-order valence-electron chi connectivity index (χ4n) is 2.65. The van der Waals surface area contributed by atoms with Crippen LogP contribution in [0.15, 0.2) is 0 Å². The SMILES string of the molecule is Cc1nn(C)c(C)c1CNC1CC(=O)N(C(C)C)C1=O. The van der Waals surface area contributed by atoms with Crippen LogP contribution in [0.25, 0.3) is 0 Å². The molecule has 2 amide bonds. The topological polar surface area (TPSA) is 67.2 Å². The molecule has 1 aromatic heterocycles. The van der Waals surface area contributed by atoms with Gasteiger partial charge >= 0.3 is 0 Å². The minimum absolute atomic E-state index is 0.0799. The Morgan fingerprint density at radius 3 is 2.45 bits per heavy atom. The lowest BCUT2D eigenvalue weighted by Crippen LogP contribution is -2.41. The molecule has 0 aromatic carbocycles. The fraction of sp³-hybridized carbons (Fsp3) is 0.643. The van der Waals surface area contributed by atoms with E-state index in [1.165, 1.54) is 4.90 Å². The quantitative estimate of drug-likeness (QED) is 0.822. The van der Waals surface area contributed by atoms with E-state index in [4.69, 9.17) is 0 Å². The molecule has 1 unspecified atom stereocenters. The Morgan fingerprint density at radius 1 is 1.35 bits per heavy atom. The number of hydrogen-bond donors (Lipinski definition) is 1. The predicted octanol–water partition coefficient (Wildman–Crippen LogP) is 0.662. The monoisotopic (exact) mass is 278 g/mol. The Labute approximate surface area is 119 Å². The van der Waals surface area contributed by atoms with E-state index in [1.54, 1.807) is 0 Å². The minimum Gasteiger partial charge on any atom is -0.301 e. The van der Waals surface area contributed by atoms with Gasteiger partial charge in [-0.25, -0.2) is 0 Å². The predicted molar refractivity (Wildman–Crippen MR) is 74.9 cm³/mol. The van der Waals surface area contributed by atoms with Crippen molar-refractivity contribution >= 4 is 11.8 Å². The van der Waals surface area contributed by atoms with Gasteiger partial charge in [0.15, 0.2) is 0 Å². The largest absolute Gasteiger partial charge is 0.301 e. The van der Waals surface area contributed by atoms with Crippen molar-refractivity contribution < 1.29 is 9.59 Å². The molecule has 110 valence electrons. The van der Waals surface area contributed by atoms with Crippen molar-refractivity contribution in [2.24, 2.45) is 7.05 Å². The minimum atomic E-state index is -0.413. The maximum absolute atomic E-state index is 12.2. The molecule has 2 heterocycles. The van der Waals surface area contributed by atoms with E-state index in [1.807, 2.05) is 39.4 Å². The van der Waals surface area contributed by atoms with Crippen LogP contribution in [-0.2, 0) is 23.2 Å². The standard InChI is InChI=1S/C14H22N4O2/c1-8(2)18-13(19)6-12(14(18)20)15-7-11-9(3)16-17(5)10(11)4/h8,12,15H,6-7H2,1-5H3. The zero-order valence-corrected chi connectivity index (χ0v) is 12.7. The number of aromatic nitrogens is 2. The number of carbonyl (C=O) groups excluding carboxylic acids is 2. The van der Waals surface area contributed by atoms with Gasteiger partial charge in [-0.2, -0.15) is 5.10 Å². The summed E-state index contributed by atoms with van der Waals surface area (Å²) in [4.78, 5) is 25.4. The van der Waals surface area contributed by atoms with Gasteiger partial charge in [-0.1, -0.05) is 0 Å². The molecule has 1 aromatic rings. The molecular formula is C14H22N4O2. The Hall–Kier alpha value is -1.69. The van der Waals surface area contributed by atoms with Gasteiger partial charge in [0.2, 0.25) is 11.8 Å². The van der Waals surface area contributed by atoms with Crippen LogP contribution < -0.4 is 5.32 Å². The molecule has 1 saturated heterocycles. The van der Waals surface area contributed by atoms with Crippen LogP contribution in [0.2, 0.25) is 0 Å². The molecule has 2 rings (SSSR count). The Kier molecular flexibility index (Phi) is 3.94. The average Bonchev–Trinajstić information content (AvgIpc) is 2.75. The van der Waals surface area contributed by atoms with Crippen LogP contribution in [0.3, 0.4) is 0 Å². The van der Waals surface area contributed by atoms with E-state index in [-0.39, 0.29) is 24.3 Å². The number of carbonyl (C=O) groups is 2. The molecule has 20 heavy (non-hydrogen) atoms. The number of aryl methyl sites for hydroxylation is 2. The van der Waals surface area contributed by atoms with E-state index in [0.717, 1.165) is 17.0 Å². The van der Waals surface area contributed by atoms with E-state index in [9.17, 15) is 9.59 Å². The molecule has 1 aliphatic rings. The third-order valence-corrected chi connectivity index (χ3v) is 3.88. The highest BCUT2D eigenvalue weighted by molar-refractivity contribution is 6.05. The van der Waals surface area contributed by atoms with Crippen LogP contribution in [0.4, 0.5) is 0 Å². The highest BCUT2D eigenvalue weighted by Crippen LogP contribution is 2.18. The van der Waals surface area contributed by atoms with Crippen molar-refractivity contribution in [3.8, 4) is 0 Å². The van der Waals surface area contributed by atoms with Crippen LogP contribution in [-0.4, -0.2) is 38.6 Å². The van der Waals surface area contributed by atoms with Gasteiger partial charge < -0.3 is 5.32 Å². The fourth-order valence-corrected chi connectivity index (χ4v) is 2.65. The molecule has 0 spiro atoms. The first-order valence-corrected chi connectivity index (χ1v) is 6.91. The van der Waals surface area contributed by atoms with E-state index in [2.05, 4.69) is 10.4 Å². The number of imide groups is 1. The summed E-state index contributed by atoms with van der Waals surface area (Å²) in [5.41, 5.74) is 3.12. The molecule has 6 heteroatoms. The molecule has 0 bridgehead atoms. The summed E-state index contributed by atoms with van der Waals surface area (Å²) in [6.45, 7) is 8.22. The van der Waals surface area contributed by atoms with Crippen LogP contribution in [0.5, 0.6) is 0 Å². The number of hydrogen-bond acceptors (Lipinski definition) is 4. The third-order valence-electron chi connectivity index (χ3n) is 3.88. The second kappa shape index (κ2) is 5.36. The van der Waals surface area contributed by atoms with Crippen molar-refractivity contribution in [3.05, 3.63) is 17.0 Å². The third kappa shape index (κ3) is 2.47. The van der Waals surface area contributed by atoms with Crippen molar-refractivity contribution in [1.29, 1.82) is 0 Å². The lowest BCUT2D eigenvalue weighted by atomic mass is 10.1. The summed E-state index contributed by atoms with van der Waals surface area (Å²) < 4.78 is 1.83. The Balaban J connectivity index is 2.05. The first kappa shape index (κ1) is 14.7. The van der Waals surface area contributed by atoms with Crippen molar-refractivity contribution in [3.63, 3.8) is 0 Å². The van der Waals surface area contributed by atoms with Gasteiger partial charge in [0.25, 0.3) is 0 Å². The number of amides is 2. The molecule has 1 atom stereocenters. The molecule has 0 aliphatic carbocycles. The molecule has 0 saturated carbocycles. The van der Waals surface area contributed by atoms with Gasteiger partial charge in [0, 0.05) is 30.9 Å². The summed E-state index contributed by atoms with van der Waals surface area (Å²) in [5.74, 6) is -0.216. The van der Waals surface area contributed by atoms with E-state index >= 15 is 0 Å². The van der Waals surface area contributed by atoms with Crippen molar-refractivity contribution in [1.82, 2.24) is 20.0 Å². The first-order valence-electron chi connectivity index (χ1n) is 6.91.